The lowest BCUT2D eigenvalue weighted by molar-refractivity contribution is 0.0682. The van der Waals surface area contributed by atoms with E-state index in [-0.39, 0.29) is 5.84 Å². The molecule has 9 heteroatoms. The number of aliphatic imine (C=N–C) groups is 1. The fraction of sp³-hybridized carbons (Fsp3) is 0.217. The number of pyridine rings is 1. The maximum absolute atomic E-state index is 8.54. The van der Waals surface area contributed by atoms with Crippen molar-refractivity contribution in [2.24, 2.45) is 4.99 Å². The number of nitrogens with one attached hydrogen (secondary N) is 4. The van der Waals surface area contributed by atoms with Crippen LogP contribution in [0.1, 0.15) is 17.0 Å². The predicted octanol–water partition coefficient (Wildman–Crippen LogP) is 3.63. The van der Waals surface area contributed by atoms with Crippen LogP contribution in [0.5, 0.6) is 0 Å². The van der Waals surface area contributed by atoms with E-state index in [0.717, 1.165) is 47.3 Å². The van der Waals surface area contributed by atoms with Gasteiger partial charge in [0.25, 0.3) is 0 Å². The fourth-order valence-electron chi connectivity index (χ4n) is 3.34. The molecular weight excluding hydrogens is 422 g/mol. The molecule has 0 aliphatic carbocycles. The Morgan fingerprint density at radius 2 is 1.88 bits per heavy atom. The highest BCUT2D eigenvalue weighted by atomic mass is 32.1. The van der Waals surface area contributed by atoms with Gasteiger partial charge in [0.15, 0.2) is 16.8 Å². The van der Waals surface area contributed by atoms with Gasteiger partial charge in [-0.2, -0.15) is 0 Å². The van der Waals surface area contributed by atoms with Crippen LogP contribution in [0.2, 0.25) is 0 Å². The van der Waals surface area contributed by atoms with Crippen LogP contribution >= 0.6 is 12.2 Å². The van der Waals surface area contributed by atoms with Crippen molar-refractivity contribution in [1.29, 1.82) is 5.41 Å². The quantitative estimate of drug-likeness (QED) is 0.277. The lowest BCUT2D eigenvalue weighted by Gasteiger charge is -2.29. The molecule has 2 aromatic heterocycles. The topological polar surface area (TPSA) is 101 Å². The second kappa shape index (κ2) is 10.2. The number of aromatic amines is 1. The predicted molar refractivity (Wildman–Crippen MR) is 132 cm³/mol. The Hall–Kier alpha value is -3.56. The molecule has 1 aromatic carbocycles. The van der Waals surface area contributed by atoms with Gasteiger partial charge in [0, 0.05) is 48.1 Å². The minimum atomic E-state index is 0.195. The van der Waals surface area contributed by atoms with Crippen molar-refractivity contribution in [2.45, 2.75) is 6.92 Å². The van der Waals surface area contributed by atoms with Crippen LogP contribution in [0.4, 0.5) is 11.4 Å². The monoisotopic (exact) mass is 447 g/mol. The van der Waals surface area contributed by atoms with Crippen molar-refractivity contribution >= 4 is 40.4 Å². The minimum absolute atomic E-state index is 0.195. The Bertz CT molecular complexity index is 1100. The molecule has 0 atom stereocenters. The van der Waals surface area contributed by atoms with Crippen LogP contribution in [0.25, 0.3) is 0 Å². The number of morpholine rings is 1. The van der Waals surface area contributed by atoms with Crippen LogP contribution in [0.15, 0.2) is 65.9 Å². The number of benzene rings is 1. The SMILES string of the molecule is Cc1cc(NC(=S)Nc2ccc(C(=N)N=C(c3ccc[nH]3)N3CCOCC3)cc2)ccn1. The molecule has 0 unspecified atom stereocenters. The summed E-state index contributed by atoms with van der Waals surface area (Å²) < 4.78 is 5.46. The molecular formula is C23H25N7OS. The Balaban J connectivity index is 1.44. The van der Waals surface area contributed by atoms with Gasteiger partial charge in [-0.3, -0.25) is 10.4 Å². The highest BCUT2D eigenvalue weighted by molar-refractivity contribution is 7.80. The Labute approximate surface area is 192 Å². The summed E-state index contributed by atoms with van der Waals surface area (Å²) in [6, 6.07) is 15.2. The van der Waals surface area contributed by atoms with E-state index < -0.39 is 0 Å². The first-order chi connectivity index (χ1) is 15.6. The summed E-state index contributed by atoms with van der Waals surface area (Å²) in [5, 5.41) is 15.3. The highest BCUT2D eigenvalue weighted by Crippen LogP contribution is 2.14. The first-order valence-electron chi connectivity index (χ1n) is 10.3. The van der Waals surface area contributed by atoms with Gasteiger partial charge in [0.1, 0.15) is 0 Å². The average Bonchev–Trinajstić information content (AvgIpc) is 3.33. The summed E-state index contributed by atoms with van der Waals surface area (Å²) in [5.41, 5.74) is 4.22. The molecule has 0 bridgehead atoms. The Morgan fingerprint density at radius 3 is 2.56 bits per heavy atom. The van der Waals surface area contributed by atoms with E-state index in [1.807, 2.05) is 61.7 Å². The van der Waals surface area contributed by atoms with Crippen LogP contribution in [-0.4, -0.2) is 58.0 Å². The molecule has 0 amide bonds. The first kappa shape index (κ1) is 21.7. The number of aryl methyl sites for hydroxylation is 1. The molecule has 0 spiro atoms. The van der Waals surface area contributed by atoms with Gasteiger partial charge in [-0.25, -0.2) is 4.99 Å². The van der Waals surface area contributed by atoms with Gasteiger partial charge in [-0.15, -0.1) is 0 Å². The largest absolute Gasteiger partial charge is 0.378 e. The molecule has 8 nitrogen and oxygen atoms in total. The van der Waals surface area contributed by atoms with Gasteiger partial charge in [-0.1, -0.05) is 0 Å². The second-order valence-corrected chi connectivity index (χ2v) is 7.72. The summed E-state index contributed by atoms with van der Waals surface area (Å²) in [4.78, 5) is 14.2. The van der Waals surface area contributed by atoms with E-state index in [9.17, 15) is 0 Å². The minimum Gasteiger partial charge on any atom is -0.378 e. The standard InChI is InChI=1S/C23H25N7OS/c1-16-15-19(8-10-25-16)28-23(32)27-18-6-4-17(5-7-18)21(24)29-22(20-3-2-9-26-20)30-11-13-31-14-12-30/h2-10,15,24,26H,11-14H2,1H3,(H2,25,27,28,32). The Kier molecular flexibility index (Phi) is 6.88. The van der Waals surface area contributed by atoms with Crippen molar-refractivity contribution in [2.75, 3.05) is 36.9 Å². The zero-order valence-corrected chi connectivity index (χ0v) is 18.6. The number of ether oxygens (including phenoxy) is 1. The summed E-state index contributed by atoms with van der Waals surface area (Å²) in [6.45, 7) is 4.73. The highest BCUT2D eigenvalue weighted by Gasteiger charge is 2.18. The zero-order valence-electron chi connectivity index (χ0n) is 17.8. The molecule has 3 heterocycles. The summed E-state index contributed by atoms with van der Waals surface area (Å²) in [7, 11) is 0. The number of hydrogen-bond donors (Lipinski definition) is 4. The third-order valence-corrected chi connectivity index (χ3v) is 5.14. The molecule has 1 fully saturated rings. The molecule has 32 heavy (non-hydrogen) atoms. The molecule has 1 aliphatic heterocycles. The third kappa shape index (κ3) is 5.57. The van der Waals surface area contributed by atoms with Gasteiger partial charge in [-0.05, 0) is 67.7 Å². The van der Waals surface area contributed by atoms with Crippen molar-refractivity contribution < 1.29 is 4.74 Å². The zero-order chi connectivity index (χ0) is 22.3. The molecule has 0 radical (unpaired) electrons. The van der Waals surface area contributed by atoms with Gasteiger partial charge in [0.05, 0.1) is 18.9 Å². The molecule has 1 saturated heterocycles. The molecule has 3 aromatic rings. The average molecular weight is 448 g/mol. The second-order valence-electron chi connectivity index (χ2n) is 7.31. The number of H-pyrrole nitrogens is 1. The third-order valence-electron chi connectivity index (χ3n) is 4.94. The number of nitrogens with zero attached hydrogens (tertiary/aromatic N) is 3. The first-order valence-corrected chi connectivity index (χ1v) is 10.7. The molecule has 164 valence electrons. The molecule has 0 saturated carbocycles. The summed E-state index contributed by atoms with van der Waals surface area (Å²) >= 11 is 5.39. The maximum Gasteiger partial charge on any atom is 0.175 e. The van der Waals surface area contributed by atoms with Crippen molar-refractivity contribution in [3.63, 3.8) is 0 Å². The number of rotatable bonds is 4. The van der Waals surface area contributed by atoms with Crippen molar-refractivity contribution in [3.05, 3.63) is 77.9 Å². The van der Waals surface area contributed by atoms with E-state index in [1.165, 1.54) is 0 Å². The van der Waals surface area contributed by atoms with Crippen LogP contribution < -0.4 is 10.6 Å². The number of amidine groups is 2. The van der Waals surface area contributed by atoms with Gasteiger partial charge in [0.2, 0.25) is 0 Å². The van der Waals surface area contributed by atoms with E-state index in [1.54, 1.807) is 6.20 Å². The molecule has 4 N–H and O–H groups in total. The van der Waals surface area contributed by atoms with Gasteiger partial charge >= 0.3 is 0 Å². The number of anilines is 2. The lowest BCUT2D eigenvalue weighted by Crippen LogP contribution is -2.41. The van der Waals surface area contributed by atoms with E-state index >= 15 is 0 Å². The normalized spacial score (nSPS) is 14.2. The van der Waals surface area contributed by atoms with Crippen molar-refractivity contribution in [3.8, 4) is 0 Å². The van der Waals surface area contributed by atoms with E-state index in [2.05, 4.69) is 30.5 Å². The summed E-state index contributed by atoms with van der Waals surface area (Å²) in [6.07, 6.45) is 3.60. The van der Waals surface area contributed by atoms with E-state index in [4.69, 9.17) is 22.4 Å². The van der Waals surface area contributed by atoms with E-state index in [0.29, 0.717) is 18.3 Å². The summed E-state index contributed by atoms with van der Waals surface area (Å²) in [5.74, 6) is 0.948. The fourth-order valence-corrected chi connectivity index (χ4v) is 3.58. The number of thiocarbonyl (C=S) groups is 1. The van der Waals surface area contributed by atoms with Crippen LogP contribution in [-0.2, 0) is 4.74 Å². The van der Waals surface area contributed by atoms with Crippen LogP contribution in [0.3, 0.4) is 0 Å². The molecule has 4 rings (SSSR count). The molecule has 1 aliphatic rings. The smallest absolute Gasteiger partial charge is 0.175 e. The van der Waals surface area contributed by atoms with Gasteiger partial charge < -0.3 is 25.3 Å². The maximum atomic E-state index is 8.54. The number of aromatic nitrogens is 2. The number of hydrogen-bond acceptors (Lipinski definition) is 4. The van der Waals surface area contributed by atoms with Crippen LogP contribution in [0, 0.1) is 12.3 Å². The Morgan fingerprint density at radius 1 is 1.12 bits per heavy atom. The lowest BCUT2D eigenvalue weighted by atomic mass is 10.2. The van der Waals surface area contributed by atoms with Crippen molar-refractivity contribution in [1.82, 2.24) is 14.9 Å².